The van der Waals surface area contributed by atoms with Gasteiger partial charge in [-0.15, -0.1) is 6.58 Å². The van der Waals surface area contributed by atoms with Crippen molar-refractivity contribution in [3.05, 3.63) is 48.3 Å². The second-order valence-corrected chi connectivity index (χ2v) is 5.17. The summed E-state index contributed by atoms with van der Waals surface area (Å²) in [5.41, 5.74) is 0.655. The van der Waals surface area contributed by atoms with Gasteiger partial charge < -0.3 is 14.4 Å². The van der Waals surface area contributed by atoms with Crippen molar-refractivity contribution in [1.82, 2.24) is 4.90 Å². The highest BCUT2D eigenvalue weighted by atomic mass is 19.1. The molecular weight excluding hydrogens is 301 g/mol. The summed E-state index contributed by atoms with van der Waals surface area (Å²) < 4.78 is 23.4. The number of benzene rings is 1. The number of nitrogens with zero attached hydrogens (tertiary/aromatic N) is 1. The van der Waals surface area contributed by atoms with E-state index in [-0.39, 0.29) is 24.9 Å². The minimum atomic E-state index is -0.948. The normalized spacial score (nSPS) is 13.0. The second-order valence-electron chi connectivity index (χ2n) is 5.17. The Hall–Kier alpha value is -2.21. The SMILES string of the molecule is C=CCOC(C)C(=O)OC(C)C(=O)N(C)Cc1cccc(F)c1. The van der Waals surface area contributed by atoms with E-state index in [0.717, 1.165) is 0 Å². The molecule has 1 aromatic carbocycles. The Labute approximate surface area is 135 Å². The maximum absolute atomic E-state index is 13.1. The Balaban J connectivity index is 2.54. The van der Waals surface area contributed by atoms with Crippen LogP contribution in [-0.4, -0.2) is 42.6 Å². The van der Waals surface area contributed by atoms with Crippen LogP contribution in [0, 0.1) is 5.82 Å². The van der Waals surface area contributed by atoms with Crippen molar-refractivity contribution in [2.24, 2.45) is 0 Å². The molecule has 0 aromatic heterocycles. The molecule has 0 aliphatic heterocycles. The summed E-state index contributed by atoms with van der Waals surface area (Å²) in [6.45, 7) is 6.96. The topological polar surface area (TPSA) is 55.8 Å². The molecule has 0 heterocycles. The van der Waals surface area contributed by atoms with Gasteiger partial charge in [0.25, 0.3) is 5.91 Å². The molecule has 0 spiro atoms. The fourth-order valence-electron chi connectivity index (χ4n) is 1.90. The molecule has 2 atom stereocenters. The van der Waals surface area contributed by atoms with E-state index in [2.05, 4.69) is 6.58 Å². The van der Waals surface area contributed by atoms with Gasteiger partial charge in [-0.2, -0.15) is 0 Å². The van der Waals surface area contributed by atoms with Crippen molar-refractivity contribution in [1.29, 1.82) is 0 Å². The Bertz CT molecular complexity index is 561. The zero-order valence-electron chi connectivity index (χ0n) is 13.6. The molecule has 0 saturated carbocycles. The van der Waals surface area contributed by atoms with Crippen LogP contribution in [0.3, 0.4) is 0 Å². The summed E-state index contributed by atoms with van der Waals surface area (Å²) in [5.74, 6) is -1.36. The van der Waals surface area contributed by atoms with Gasteiger partial charge in [0.05, 0.1) is 6.61 Å². The lowest BCUT2D eigenvalue weighted by molar-refractivity contribution is -0.167. The quantitative estimate of drug-likeness (QED) is 0.544. The minimum Gasteiger partial charge on any atom is -0.451 e. The maximum Gasteiger partial charge on any atom is 0.335 e. The largest absolute Gasteiger partial charge is 0.451 e. The first-order valence-electron chi connectivity index (χ1n) is 7.27. The van der Waals surface area contributed by atoms with Gasteiger partial charge in [-0.3, -0.25) is 4.79 Å². The van der Waals surface area contributed by atoms with Crippen molar-refractivity contribution < 1.29 is 23.5 Å². The zero-order valence-corrected chi connectivity index (χ0v) is 13.6. The van der Waals surface area contributed by atoms with Gasteiger partial charge in [-0.05, 0) is 31.5 Å². The second kappa shape index (κ2) is 9.05. The van der Waals surface area contributed by atoms with Gasteiger partial charge in [0, 0.05) is 13.6 Å². The van der Waals surface area contributed by atoms with Crippen LogP contribution >= 0.6 is 0 Å². The van der Waals surface area contributed by atoms with Crippen LogP contribution in [0.4, 0.5) is 4.39 Å². The number of ether oxygens (including phenoxy) is 2. The molecule has 0 bridgehead atoms. The Morgan fingerprint density at radius 2 is 2.04 bits per heavy atom. The third-order valence-corrected chi connectivity index (χ3v) is 3.12. The van der Waals surface area contributed by atoms with Crippen molar-refractivity contribution >= 4 is 11.9 Å². The highest BCUT2D eigenvalue weighted by Gasteiger charge is 2.24. The molecule has 5 nitrogen and oxygen atoms in total. The molecule has 23 heavy (non-hydrogen) atoms. The number of carbonyl (C=O) groups is 2. The van der Waals surface area contributed by atoms with Crippen LogP contribution in [0.15, 0.2) is 36.9 Å². The van der Waals surface area contributed by atoms with Crippen LogP contribution in [0.2, 0.25) is 0 Å². The predicted octanol–water partition coefficient (Wildman–Crippen LogP) is 2.31. The molecule has 0 N–H and O–H groups in total. The van der Waals surface area contributed by atoms with Gasteiger partial charge in [0.2, 0.25) is 0 Å². The zero-order chi connectivity index (χ0) is 17.4. The molecule has 0 aliphatic rings. The molecular formula is C17H22FNO4. The molecule has 0 radical (unpaired) electrons. The van der Waals surface area contributed by atoms with Crippen molar-refractivity contribution in [3.63, 3.8) is 0 Å². The Morgan fingerprint density at radius 3 is 2.65 bits per heavy atom. The fourth-order valence-corrected chi connectivity index (χ4v) is 1.90. The van der Waals surface area contributed by atoms with Gasteiger partial charge in [-0.1, -0.05) is 18.2 Å². The smallest absolute Gasteiger partial charge is 0.335 e. The van der Waals surface area contributed by atoms with Crippen LogP contribution in [0.25, 0.3) is 0 Å². The first-order chi connectivity index (χ1) is 10.8. The van der Waals surface area contributed by atoms with Crippen molar-refractivity contribution in [3.8, 4) is 0 Å². The maximum atomic E-state index is 13.1. The van der Waals surface area contributed by atoms with E-state index in [1.807, 2.05) is 0 Å². The van der Waals surface area contributed by atoms with Gasteiger partial charge in [0.1, 0.15) is 5.82 Å². The Morgan fingerprint density at radius 1 is 1.35 bits per heavy atom. The molecule has 0 fully saturated rings. The third kappa shape index (κ3) is 6.20. The predicted molar refractivity (Wildman–Crippen MR) is 84.0 cm³/mol. The van der Waals surface area contributed by atoms with Crippen molar-refractivity contribution in [2.75, 3.05) is 13.7 Å². The van der Waals surface area contributed by atoms with E-state index in [4.69, 9.17) is 9.47 Å². The van der Waals surface area contributed by atoms with Gasteiger partial charge in [-0.25, -0.2) is 9.18 Å². The molecule has 1 aromatic rings. The monoisotopic (exact) mass is 323 g/mol. The molecule has 0 aliphatic carbocycles. The number of rotatable bonds is 8. The van der Waals surface area contributed by atoms with Crippen LogP contribution in [0.5, 0.6) is 0 Å². The van der Waals surface area contributed by atoms with E-state index >= 15 is 0 Å². The number of likely N-dealkylation sites (N-methyl/N-ethyl adjacent to an activating group) is 1. The summed E-state index contributed by atoms with van der Waals surface area (Å²) in [6.07, 6.45) is -0.210. The average Bonchev–Trinajstić information content (AvgIpc) is 2.51. The van der Waals surface area contributed by atoms with Crippen LogP contribution in [0.1, 0.15) is 19.4 Å². The van der Waals surface area contributed by atoms with Crippen LogP contribution in [-0.2, 0) is 25.6 Å². The average molecular weight is 323 g/mol. The summed E-state index contributed by atoms with van der Waals surface area (Å²) in [5, 5.41) is 0. The summed E-state index contributed by atoms with van der Waals surface area (Å²) in [6, 6.07) is 5.98. The summed E-state index contributed by atoms with van der Waals surface area (Å²) in [4.78, 5) is 25.4. The van der Waals surface area contributed by atoms with E-state index in [1.165, 1.54) is 30.0 Å². The van der Waals surface area contributed by atoms with E-state index < -0.39 is 18.2 Å². The number of hydrogen-bond donors (Lipinski definition) is 0. The van der Waals surface area contributed by atoms with E-state index in [1.54, 1.807) is 26.1 Å². The van der Waals surface area contributed by atoms with Crippen LogP contribution < -0.4 is 0 Å². The van der Waals surface area contributed by atoms with E-state index in [9.17, 15) is 14.0 Å². The standard InChI is InChI=1S/C17H22FNO4/c1-5-9-22-13(3)17(21)23-12(2)16(20)19(4)11-14-7-6-8-15(18)10-14/h5-8,10,12-13H,1,9,11H2,2-4H3. The lowest BCUT2D eigenvalue weighted by atomic mass is 10.2. The number of esters is 1. The highest BCUT2D eigenvalue weighted by molar-refractivity contribution is 5.84. The van der Waals surface area contributed by atoms with Crippen molar-refractivity contribution in [2.45, 2.75) is 32.6 Å². The number of carbonyl (C=O) groups excluding carboxylic acids is 2. The first-order valence-corrected chi connectivity index (χ1v) is 7.27. The molecule has 0 saturated heterocycles. The summed E-state index contributed by atoms with van der Waals surface area (Å²) in [7, 11) is 1.56. The number of amides is 1. The first kappa shape index (κ1) is 18.8. The summed E-state index contributed by atoms with van der Waals surface area (Å²) >= 11 is 0. The molecule has 2 unspecified atom stereocenters. The minimum absolute atomic E-state index is 0.220. The molecule has 1 rings (SSSR count). The third-order valence-electron chi connectivity index (χ3n) is 3.12. The molecule has 126 valence electrons. The van der Waals surface area contributed by atoms with E-state index in [0.29, 0.717) is 5.56 Å². The van der Waals surface area contributed by atoms with Gasteiger partial charge in [0.15, 0.2) is 12.2 Å². The molecule has 6 heteroatoms. The number of hydrogen-bond acceptors (Lipinski definition) is 4. The lowest BCUT2D eigenvalue weighted by Gasteiger charge is -2.22. The molecule has 1 amide bonds. The Kier molecular flexibility index (Phi) is 7.41. The number of halogens is 1. The fraction of sp³-hybridized carbons (Fsp3) is 0.412. The highest BCUT2D eigenvalue weighted by Crippen LogP contribution is 2.09. The van der Waals surface area contributed by atoms with Gasteiger partial charge >= 0.3 is 5.97 Å². The lowest BCUT2D eigenvalue weighted by Crippen LogP contribution is -2.39.